The number of rotatable bonds is 4. The van der Waals surface area contributed by atoms with Crippen LogP contribution in [0.2, 0.25) is 5.02 Å². The van der Waals surface area contributed by atoms with Crippen LogP contribution in [0.25, 0.3) is 0 Å². The van der Waals surface area contributed by atoms with Crippen LogP contribution in [-0.2, 0) is 6.42 Å². The van der Waals surface area contributed by atoms with Crippen molar-refractivity contribution in [3.8, 4) is 0 Å². The van der Waals surface area contributed by atoms with Crippen LogP contribution in [-0.4, -0.2) is 4.98 Å². The molecule has 84 valence electrons. The number of hydrogen-bond donors (Lipinski definition) is 2. The van der Waals surface area contributed by atoms with Crippen molar-refractivity contribution in [3.05, 3.63) is 51.4 Å². The van der Waals surface area contributed by atoms with E-state index in [2.05, 4.69) is 16.5 Å². The van der Waals surface area contributed by atoms with Crippen molar-refractivity contribution in [3.63, 3.8) is 0 Å². The van der Waals surface area contributed by atoms with E-state index >= 15 is 0 Å². The van der Waals surface area contributed by atoms with Crippen LogP contribution in [0, 0.1) is 0 Å². The Balaban J connectivity index is 2.20. The lowest BCUT2D eigenvalue weighted by Crippen LogP contribution is -2.30. The van der Waals surface area contributed by atoms with Gasteiger partial charge in [-0.15, -0.1) is 11.3 Å². The van der Waals surface area contributed by atoms with Gasteiger partial charge in [-0.05, 0) is 23.6 Å². The second kappa shape index (κ2) is 5.41. The van der Waals surface area contributed by atoms with E-state index in [1.807, 2.05) is 23.6 Å². The quantitative estimate of drug-likeness (QED) is 0.650. The largest absolute Gasteiger partial charge is 0.271 e. The summed E-state index contributed by atoms with van der Waals surface area (Å²) in [6, 6.07) is 7.68. The highest BCUT2D eigenvalue weighted by atomic mass is 35.5. The monoisotopic (exact) mass is 253 g/mol. The van der Waals surface area contributed by atoms with Gasteiger partial charge in [-0.3, -0.25) is 16.3 Å². The molecule has 3 N–H and O–H groups in total. The lowest BCUT2D eigenvalue weighted by molar-refractivity contribution is 0.542. The Hall–Kier alpha value is -0.940. The second-order valence-corrected chi connectivity index (χ2v) is 4.81. The van der Waals surface area contributed by atoms with Gasteiger partial charge in [0.25, 0.3) is 0 Å². The van der Waals surface area contributed by atoms with Gasteiger partial charge in [-0.1, -0.05) is 17.7 Å². The summed E-state index contributed by atoms with van der Waals surface area (Å²) in [4.78, 5) is 5.51. The number of pyridine rings is 1. The first-order valence-electron chi connectivity index (χ1n) is 4.90. The molecule has 0 radical (unpaired) electrons. The predicted molar refractivity (Wildman–Crippen MR) is 67.3 cm³/mol. The number of halogens is 1. The molecule has 1 unspecified atom stereocenters. The molecule has 0 amide bonds. The molecule has 0 aromatic carbocycles. The van der Waals surface area contributed by atoms with E-state index in [0.717, 1.165) is 12.1 Å². The van der Waals surface area contributed by atoms with Gasteiger partial charge < -0.3 is 0 Å². The lowest BCUT2D eigenvalue weighted by atomic mass is 10.1. The van der Waals surface area contributed by atoms with Crippen molar-refractivity contribution in [2.75, 3.05) is 0 Å². The van der Waals surface area contributed by atoms with Crippen LogP contribution < -0.4 is 11.3 Å². The van der Waals surface area contributed by atoms with Gasteiger partial charge in [0, 0.05) is 17.5 Å². The molecule has 0 aliphatic heterocycles. The second-order valence-electron chi connectivity index (χ2n) is 3.37. The summed E-state index contributed by atoms with van der Waals surface area (Å²) in [5.74, 6) is 5.55. The summed E-state index contributed by atoms with van der Waals surface area (Å²) >= 11 is 7.78. The van der Waals surface area contributed by atoms with E-state index in [-0.39, 0.29) is 6.04 Å². The van der Waals surface area contributed by atoms with Crippen LogP contribution in [0.4, 0.5) is 0 Å². The molecule has 0 aliphatic carbocycles. The van der Waals surface area contributed by atoms with Crippen molar-refractivity contribution >= 4 is 22.9 Å². The number of hydrogen-bond acceptors (Lipinski definition) is 4. The summed E-state index contributed by atoms with van der Waals surface area (Å²) in [5, 5.41) is 2.69. The molecular weight excluding hydrogens is 242 g/mol. The Bertz CT molecular complexity index is 444. The van der Waals surface area contributed by atoms with Crippen molar-refractivity contribution in [2.45, 2.75) is 12.5 Å². The molecule has 16 heavy (non-hydrogen) atoms. The van der Waals surface area contributed by atoms with Gasteiger partial charge in [0.05, 0.1) is 16.8 Å². The molecule has 0 fully saturated rings. The number of nitrogens with one attached hydrogen (secondary N) is 1. The summed E-state index contributed by atoms with van der Waals surface area (Å²) < 4.78 is 0. The van der Waals surface area contributed by atoms with E-state index in [0.29, 0.717) is 5.02 Å². The van der Waals surface area contributed by atoms with Crippen LogP contribution >= 0.6 is 22.9 Å². The molecule has 2 aromatic heterocycles. The molecule has 0 aliphatic rings. The number of hydrazine groups is 1. The Morgan fingerprint density at radius 3 is 2.94 bits per heavy atom. The number of aromatic nitrogens is 1. The maximum Gasteiger partial charge on any atom is 0.0776 e. The summed E-state index contributed by atoms with van der Waals surface area (Å²) in [6.07, 6.45) is 2.52. The number of nitrogens with zero attached hydrogens (tertiary/aromatic N) is 1. The number of thiophene rings is 1. The minimum atomic E-state index is -0.0488. The van der Waals surface area contributed by atoms with Crippen molar-refractivity contribution in [1.82, 2.24) is 10.4 Å². The third kappa shape index (κ3) is 2.59. The highest BCUT2D eigenvalue weighted by Gasteiger charge is 2.15. The van der Waals surface area contributed by atoms with Crippen LogP contribution in [0.5, 0.6) is 0 Å². The highest BCUT2D eigenvalue weighted by molar-refractivity contribution is 7.09. The minimum Gasteiger partial charge on any atom is -0.271 e. The zero-order valence-corrected chi connectivity index (χ0v) is 10.1. The first-order chi connectivity index (χ1) is 7.81. The molecule has 0 saturated heterocycles. The fraction of sp³-hybridized carbons (Fsp3) is 0.182. The smallest absolute Gasteiger partial charge is 0.0776 e. The molecule has 0 saturated carbocycles. The molecular formula is C11H12ClN3S. The van der Waals surface area contributed by atoms with Gasteiger partial charge in [-0.2, -0.15) is 0 Å². The fourth-order valence-corrected chi connectivity index (χ4v) is 2.52. The highest BCUT2D eigenvalue weighted by Crippen LogP contribution is 2.24. The standard InChI is InChI=1S/C11H12ClN3S/c12-9-4-1-5-14-11(9)10(15-13)7-8-3-2-6-16-8/h1-6,10,15H,7,13H2. The molecule has 2 rings (SSSR count). The first-order valence-corrected chi connectivity index (χ1v) is 6.16. The zero-order valence-electron chi connectivity index (χ0n) is 8.56. The Morgan fingerprint density at radius 2 is 2.31 bits per heavy atom. The third-order valence-corrected chi connectivity index (χ3v) is 3.52. The van der Waals surface area contributed by atoms with Crippen LogP contribution in [0.3, 0.4) is 0 Å². The summed E-state index contributed by atoms with van der Waals surface area (Å²) in [5.41, 5.74) is 3.55. The normalized spacial score (nSPS) is 12.6. The molecule has 0 spiro atoms. The lowest BCUT2D eigenvalue weighted by Gasteiger charge is -2.15. The third-order valence-electron chi connectivity index (χ3n) is 2.30. The molecule has 2 heterocycles. The van der Waals surface area contributed by atoms with Crippen LogP contribution in [0.1, 0.15) is 16.6 Å². The van der Waals surface area contributed by atoms with Crippen molar-refractivity contribution in [1.29, 1.82) is 0 Å². The van der Waals surface area contributed by atoms with E-state index in [9.17, 15) is 0 Å². The summed E-state index contributed by atoms with van der Waals surface area (Å²) in [7, 11) is 0. The number of nitrogens with two attached hydrogens (primary N) is 1. The molecule has 1 atom stereocenters. The Morgan fingerprint density at radius 1 is 1.44 bits per heavy atom. The average molecular weight is 254 g/mol. The zero-order chi connectivity index (χ0) is 11.4. The van der Waals surface area contributed by atoms with Gasteiger partial charge >= 0.3 is 0 Å². The Labute approximate surface area is 103 Å². The van der Waals surface area contributed by atoms with E-state index in [1.54, 1.807) is 17.5 Å². The van der Waals surface area contributed by atoms with Gasteiger partial charge in [0.15, 0.2) is 0 Å². The average Bonchev–Trinajstić information content (AvgIpc) is 2.80. The fourth-order valence-electron chi connectivity index (χ4n) is 1.52. The van der Waals surface area contributed by atoms with E-state index < -0.39 is 0 Å². The molecule has 5 heteroatoms. The summed E-state index contributed by atoms with van der Waals surface area (Å²) in [6.45, 7) is 0. The van der Waals surface area contributed by atoms with Crippen molar-refractivity contribution in [2.24, 2.45) is 5.84 Å². The Kier molecular flexibility index (Phi) is 3.90. The molecule has 2 aromatic rings. The topological polar surface area (TPSA) is 50.9 Å². The van der Waals surface area contributed by atoms with Gasteiger partial charge in [0.1, 0.15) is 0 Å². The van der Waals surface area contributed by atoms with Gasteiger partial charge in [0.2, 0.25) is 0 Å². The minimum absolute atomic E-state index is 0.0488. The maximum absolute atomic E-state index is 6.08. The molecule has 3 nitrogen and oxygen atoms in total. The predicted octanol–water partition coefficient (Wildman–Crippen LogP) is 2.54. The maximum atomic E-state index is 6.08. The van der Waals surface area contributed by atoms with Gasteiger partial charge in [-0.25, -0.2) is 0 Å². The molecule has 0 bridgehead atoms. The van der Waals surface area contributed by atoms with Crippen LogP contribution in [0.15, 0.2) is 35.8 Å². The first kappa shape index (κ1) is 11.5. The SMILES string of the molecule is NNC(Cc1cccs1)c1ncccc1Cl. The van der Waals surface area contributed by atoms with E-state index in [1.165, 1.54) is 4.88 Å². The van der Waals surface area contributed by atoms with E-state index in [4.69, 9.17) is 17.4 Å². The van der Waals surface area contributed by atoms with Crippen molar-refractivity contribution < 1.29 is 0 Å².